The van der Waals surface area contributed by atoms with Crippen molar-refractivity contribution in [1.29, 1.82) is 0 Å². The van der Waals surface area contributed by atoms with E-state index < -0.39 is 5.91 Å². The maximum Gasteiger partial charge on any atom is 0.292 e. The normalized spacial score (nSPS) is 17.4. The first-order valence-corrected chi connectivity index (χ1v) is 10.5. The number of aromatic nitrogens is 1. The smallest absolute Gasteiger partial charge is 0.292 e. The summed E-state index contributed by atoms with van der Waals surface area (Å²) in [6.07, 6.45) is 5.98. The second-order valence-electron chi connectivity index (χ2n) is 7.78. The van der Waals surface area contributed by atoms with Crippen LogP contribution < -0.4 is 10.1 Å². The van der Waals surface area contributed by atoms with Crippen molar-refractivity contribution in [3.8, 4) is 5.75 Å². The molecule has 6 nitrogen and oxygen atoms in total. The Morgan fingerprint density at radius 2 is 2.00 bits per heavy atom. The van der Waals surface area contributed by atoms with Gasteiger partial charge >= 0.3 is 0 Å². The van der Waals surface area contributed by atoms with Gasteiger partial charge in [-0.3, -0.25) is 9.59 Å². The number of nitrogens with one attached hydrogen (secondary N) is 1. The maximum atomic E-state index is 13.1. The second kappa shape index (κ2) is 6.69. The maximum absolute atomic E-state index is 13.1. The van der Waals surface area contributed by atoms with Crippen LogP contribution in [0.2, 0.25) is 0 Å². The molecule has 1 aliphatic carbocycles. The molecule has 1 aliphatic heterocycles. The zero-order chi connectivity index (χ0) is 20.2. The predicted octanol–water partition coefficient (Wildman–Crippen LogP) is 5.43. The fourth-order valence-corrected chi connectivity index (χ4v) is 4.71. The quantitative estimate of drug-likeness (QED) is 0.558. The molecule has 1 fully saturated rings. The molecule has 29 heavy (non-hydrogen) atoms. The lowest BCUT2D eigenvalue weighted by Crippen LogP contribution is -2.39. The molecule has 1 saturated carbocycles. The Kier molecular flexibility index (Phi) is 4.24. The summed E-state index contributed by atoms with van der Waals surface area (Å²) < 4.78 is 13.0. The summed E-state index contributed by atoms with van der Waals surface area (Å²) in [6.45, 7) is 1.79. The highest BCUT2D eigenvalue weighted by atomic mass is 79.9. The summed E-state index contributed by atoms with van der Waals surface area (Å²) in [5, 5.41) is 3.40. The van der Waals surface area contributed by atoms with E-state index in [-0.39, 0.29) is 17.1 Å². The van der Waals surface area contributed by atoms with E-state index in [1.54, 1.807) is 37.4 Å². The molecule has 1 spiro atoms. The number of Topliss-reactive ketones (excluding diaryl/α,β-unsaturated/α-hetero) is 1. The van der Waals surface area contributed by atoms with Crippen molar-refractivity contribution in [2.24, 2.45) is 0 Å². The van der Waals surface area contributed by atoms with Crippen LogP contribution >= 0.6 is 15.9 Å². The number of hydrogen-bond acceptors (Lipinski definition) is 5. The molecule has 5 rings (SSSR count). The molecule has 0 radical (unpaired) electrons. The number of rotatable bonds is 2. The fourth-order valence-electron chi connectivity index (χ4n) is 4.47. The first-order chi connectivity index (χ1) is 14.0. The number of nitrogens with zero attached hydrogens (tertiary/aromatic N) is 1. The number of amides is 1. The van der Waals surface area contributed by atoms with Crippen molar-refractivity contribution in [1.82, 2.24) is 4.98 Å². The number of furan rings is 1. The Morgan fingerprint density at radius 3 is 2.72 bits per heavy atom. The topological polar surface area (TPSA) is 81.4 Å². The number of benzene rings is 1. The average molecular weight is 455 g/mol. The van der Waals surface area contributed by atoms with Gasteiger partial charge in [0, 0.05) is 21.6 Å². The summed E-state index contributed by atoms with van der Waals surface area (Å²) in [4.78, 5) is 30.0. The van der Waals surface area contributed by atoms with Gasteiger partial charge in [-0.2, -0.15) is 0 Å². The minimum Gasteiger partial charge on any atom is -0.486 e. The van der Waals surface area contributed by atoms with Crippen molar-refractivity contribution < 1.29 is 18.7 Å². The summed E-state index contributed by atoms with van der Waals surface area (Å²) in [5.41, 5.74) is 1.31. The van der Waals surface area contributed by atoms with E-state index in [0.717, 1.165) is 30.2 Å². The monoisotopic (exact) mass is 454 g/mol. The van der Waals surface area contributed by atoms with Crippen molar-refractivity contribution in [3.05, 3.63) is 51.8 Å². The van der Waals surface area contributed by atoms with Gasteiger partial charge in [0.05, 0.1) is 12.0 Å². The third-order valence-corrected chi connectivity index (χ3v) is 6.30. The highest BCUT2D eigenvalue weighted by Gasteiger charge is 2.43. The largest absolute Gasteiger partial charge is 0.486 e. The van der Waals surface area contributed by atoms with Crippen molar-refractivity contribution in [2.45, 2.75) is 44.6 Å². The molecule has 7 heteroatoms. The minimum absolute atomic E-state index is 0.0594. The van der Waals surface area contributed by atoms with Gasteiger partial charge in [0.15, 0.2) is 11.5 Å². The summed E-state index contributed by atoms with van der Waals surface area (Å²) >= 11 is 3.32. The Balaban J connectivity index is 1.54. The van der Waals surface area contributed by atoms with Gasteiger partial charge in [-0.25, -0.2) is 4.98 Å². The highest BCUT2D eigenvalue weighted by molar-refractivity contribution is 9.10. The number of carbonyl (C=O) groups excluding carboxylic acids is 2. The van der Waals surface area contributed by atoms with Crippen molar-refractivity contribution in [2.75, 3.05) is 5.32 Å². The van der Waals surface area contributed by atoms with E-state index in [0.29, 0.717) is 40.1 Å². The molecule has 0 atom stereocenters. The molecular weight excluding hydrogens is 436 g/mol. The molecule has 3 heterocycles. The van der Waals surface area contributed by atoms with Gasteiger partial charge in [0.25, 0.3) is 5.91 Å². The van der Waals surface area contributed by atoms with Crippen LogP contribution in [0.15, 0.2) is 39.4 Å². The molecule has 0 bridgehead atoms. The van der Waals surface area contributed by atoms with Crippen LogP contribution in [-0.4, -0.2) is 22.3 Å². The number of ether oxygens (including phenoxy) is 1. The summed E-state index contributed by atoms with van der Waals surface area (Å²) in [6, 6.07) is 7.05. The van der Waals surface area contributed by atoms with Crippen LogP contribution in [0.25, 0.3) is 11.0 Å². The molecule has 1 aromatic carbocycles. The molecule has 148 valence electrons. The number of carbonyl (C=O) groups is 2. The first kappa shape index (κ1) is 18.4. The zero-order valence-electron chi connectivity index (χ0n) is 15.9. The Morgan fingerprint density at radius 1 is 1.21 bits per heavy atom. The number of ketones is 1. The van der Waals surface area contributed by atoms with Gasteiger partial charge in [0.1, 0.15) is 22.8 Å². The number of halogens is 1. The lowest BCUT2D eigenvalue weighted by Gasteiger charge is -2.34. The third-order valence-electron chi connectivity index (χ3n) is 5.83. The Hall–Kier alpha value is -2.67. The van der Waals surface area contributed by atoms with Crippen molar-refractivity contribution in [3.63, 3.8) is 0 Å². The van der Waals surface area contributed by atoms with Gasteiger partial charge < -0.3 is 14.5 Å². The van der Waals surface area contributed by atoms with Gasteiger partial charge in [0.2, 0.25) is 0 Å². The van der Waals surface area contributed by atoms with E-state index in [1.807, 2.05) is 0 Å². The molecule has 0 saturated heterocycles. The van der Waals surface area contributed by atoms with Crippen LogP contribution in [0.5, 0.6) is 5.75 Å². The predicted molar refractivity (Wildman–Crippen MR) is 112 cm³/mol. The second-order valence-corrected chi connectivity index (χ2v) is 8.69. The molecule has 0 unspecified atom stereocenters. The number of fused-ring (bicyclic) bond motifs is 3. The van der Waals surface area contributed by atoms with Crippen molar-refractivity contribution >= 4 is 44.4 Å². The van der Waals surface area contributed by atoms with Crippen LogP contribution in [-0.2, 0) is 0 Å². The lowest BCUT2D eigenvalue weighted by molar-refractivity contribution is 0.0454. The van der Waals surface area contributed by atoms with Crippen LogP contribution in [0.1, 0.15) is 58.6 Å². The number of aryl methyl sites for hydroxylation is 1. The standard InChI is InChI=1S/C22H19BrN2O4/c1-12-18-15(28-20(12)21(27)25-17-7-4-13(23)11-24-17)5-6-16-19(18)14(26)10-22(29-16)8-2-3-9-22/h4-7,11H,2-3,8-10H2,1H3,(H,24,25,27). The molecular formula is C22H19BrN2O4. The number of hydrogen-bond donors (Lipinski definition) is 1. The Bertz CT molecular complexity index is 1140. The van der Waals surface area contributed by atoms with E-state index in [1.165, 1.54) is 0 Å². The fraction of sp³-hybridized carbons (Fsp3) is 0.318. The van der Waals surface area contributed by atoms with E-state index in [2.05, 4.69) is 26.2 Å². The Labute approximate surface area is 175 Å². The minimum atomic E-state index is -0.404. The van der Waals surface area contributed by atoms with Gasteiger partial charge in [-0.15, -0.1) is 0 Å². The summed E-state index contributed by atoms with van der Waals surface area (Å²) in [7, 11) is 0. The van der Waals surface area contributed by atoms with Crippen LogP contribution in [0.3, 0.4) is 0 Å². The van der Waals surface area contributed by atoms with Crippen LogP contribution in [0, 0.1) is 6.92 Å². The van der Waals surface area contributed by atoms with Crippen LogP contribution in [0.4, 0.5) is 5.82 Å². The average Bonchev–Trinajstić information content (AvgIpc) is 3.28. The van der Waals surface area contributed by atoms with E-state index in [9.17, 15) is 9.59 Å². The van der Waals surface area contributed by atoms with Gasteiger partial charge in [-0.05, 0) is 72.8 Å². The first-order valence-electron chi connectivity index (χ1n) is 9.67. The summed E-state index contributed by atoms with van der Waals surface area (Å²) in [5.74, 6) is 0.846. The molecule has 2 aromatic heterocycles. The lowest BCUT2D eigenvalue weighted by atomic mass is 9.87. The highest BCUT2D eigenvalue weighted by Crippen LogP contribution is 2.46. The van der Waals surface area contributed by atoms with E-state index in [4.69, 9.17) is 9.15 Å². The molecule has 1 N–H and O–H groups in total. The van der Waals surface area contributed by atoms with E-state index >= 15 is 0 Å². The molecule has 2 aliphatic rings. The zero-order valence-corrected chi connectivity index (χ0v) is 17.5. The van der Waals surface area contributed by atoms with Gasteiger partial charge in [-0.1, -0.05) is 0 Å². The molecule has 3 aromatic rings. The number of anilines is 1. The SMILES string of the molecule is Cc1c(C(=O)Nc2ccc(Br)cn2)oc2ccc3c(c12)C(=O)CC1(CCCC1)O3. The third kappa shape index (κ3) is 3.04. The number of pyridine rings is 1. The molecule has 1 amide bonds.